The molecule has 154 valence electrons. The van der Waals surface area contributed by atoms with Gasteiger partial charge in [0.15, 0.2) is 5.69 Å². The third-order valence-corrected chi connectivity index (χ3v) is 5.69. The lowest BCUT2D eigenvalue weighted by atomic mass is 10.1. The minimum atomic E-state index is -1.15. The van der Waals surface area contributed by atoms with E-state index in [0.29, 0.717) is 31.0 Å². The van der Waals surface area contributed by atoms with Crippen LogP contribution < -0.4 is 9.64 Å². The molecule has 0 spiro atoms. The number of carboxylic acids is 1. The number of amides is 1. The number of likely N-dealkylation sites (tertiary alicyclic amines) is 1. The molecule has 1 aromatic heterocycles. The van der Waals surface area contributed by atoms with Crippen molar-refractivity contribution in [3.05, 3.63) is 41.2 Å². The van der Waals surface area contributed by atoms with E-state index >= 15 is 0 Å². The van der Waals surface area contributed by atoms with Crippen molar-refractivity contribution in [1.29, 1.82) is 0 Å². The molecular weight excluding hydrogens is 396 g/mol. The maximum absolute atomic E-state index is 12.5. The number of hydrogen-bond acceptors (Lipinski definition) is 5. The summed E-state index contributed by atoms with van der Waals surface area (Å²) in [6.07, 6.45) is 5.05. The molecule has 0 unspecified atom stereocenters. The van der Waals surface area contributed by atoms with E-state index < -0.39 is 5.97 Å². The van der Waals surface area contributed by atoms with Crippen LogP contribution in [-0.2, 0) is 0 Å². The number of aromatic nitrogens is 2. The number of benzene rings is 1. The van der Waals surface area contributed by atoms with Crippen molar-refractivity contribution < 1.29 is 19.4 Å². The first-order valence-electron chi connectivity index (χ1n) is 9.81. The molecule has 3 heterocycles. The van der Waals surface area contributed by atoms with Crippen LogP contribution in [0.2, 0.25) is 5.02 Å². The van der Waals surface area contributed by atoms with Crippen molar-refractivity contribution in [3.63, 3.8) is 0 Å². The summed E-state index contributed by atoms with van der Waals surface area (Å²) < 4.78 is 7.36. The van der Waals surface area contributed by atoms with E-state index in [0.717, 1.165) is 42.0 Å². The molecule has 0 saturated carbocycles. The fraction of sp³-hybridized carbons (Fsp3) is 0.450. The highest BCUT2D eigenvalue weighted by Gasteiger charge is 2.27. The topological polar surface area (TPSA) is 87.9 Å². The number of ether oxygens (including phenoxy) is 1. The smallest absolute Gasteiger partial charge is 0.356 e. The van der Waals surface area contributed by atoms with E-state index in [1.807, 2.05) is 18.2 Å². The Morgan fingerprint density at radius 2 is 1.83 bits per heavy atom. The molecule has 4 rings (SSSR count). The minimum absolute atomic E-state index is 0.00827. The number of carbonyl (C=O) groups excluding carboxylic acids is 1. The number of anilines is 1. The standard InChI is InChI=1S/C20H23ClN4O4/c21-15-4-3-5-17(18(15)23-9-1-2-10-23)29-14-6-11-24(12-7-14)20(28)25-13-8-16(22-25)19(26)27/h3-5,8,13-14H,1-2,6-7,9-12H2,(H,26,27). The summed E-state index contributed by atoms with van der Waals surface area (Å²) in [5, 5.41) is 13.5. The van der Waals surface area contributed by atoms with Crippen molar-refractivity contribution >= 4 is 29.3 Å². The van der Waals surface area contributed by atoms with Gasteiger partial charge in [-0.2, -0.15) is 9.78 Å². The molecule has 0 radical (unpaired) electrons. The fourth-order valence-electron chi connectivity index (χ4n) is 3.87. The number of carbonyl (C=O) groups is 2. The fourth-order valence-corrected chi connectivity index (χ4v) is 4.16. The average Bonchev–Trinajstić information content (AvgIpc) is 3.40. The molecule has 1 aromatic carbocycles. The van der Waals surface area contributed by atoms with Crippen LogP contribution in [0.25, 0.3) is 0 Å². The van der Waals surface area contributed by atoms with Gasteiger partial charge in [0.25, 0.3) is 0 Å². The van der Waals surface area contributed by atoms with Gasteiger partial charge in [-0.05, 0) is 31.0 Å². The highest BCUT2D eigenvalue weighted by molar-refractivity contribution is 6.33. The van der Waals surface area contributed by atoms with Crippen LogP contribution in [-0.4, -0.2) is 64.1 Å². The molecule has 9 heteroatoms. The van der Waals surface area contributed by atoms with Gasteiger partial charge in [0.05, 0.1) is 10.7 Å². The molecule has 1 N–H and O–H groups in total. The summed E-state index contributed by atoms with van der Waals surface area (Å²) in [4.78, 5) is 27.4. The van der Waals surface area contributed by atoms with E-state index in [-0.39, 0.29) is 17.8 Å². The van der Waals surface area contributed by atoms with Gasteiger partial charge < -0.3 is 19.6 Å². The Bertz CT molecular complexity index is 902. The summed E-state index contributed by atoms with van der Waals surface area (Å²) in [7, 11) is 0. The lowest BCUT2D eigenvalue weighted by Gasteiger charge is -2.33. The van der Waals surface area contributed by atoms with Crippen LogP contribution in [0.15, 0.2) is 30.5 Å². The van der Waals surface area contributed by atoms with Crippen molar-refractivity contribution in [2.45, 2.75) is 31.8 Å². The zero-order chi connectivity index (χ0) is 20.4. The quantitative estimate of drug-likeness (QED) is 0.819. The summed E-state index contributed by atoms with van der Waals surface area (Å²) >= 11 is 6.46. The molecule has 2 aliphatic rings. The second-order valence-corrected chi connectivity index (χ2v) is 7.73. The van der Waals surface area contributed by atoms with Crippen LogP contribution in [0.1, 0.15) is 36.2 Å². The Hall–Kier alpha value is -2.74. The van der Waals surface area contributed by atoms with Crippen molar-refractivity contribution in [3.8, 4) is 5.75 Å². The Morgan fingerprint density at radius 3 is 2.48 bits per heavy atom. The molecule has 1 amide bonds. The third-order valence-electron chi connectivity index (χ3n) is 5.38. The minimum Gasteiger partial charge on any atom is -0.488 e. The van der Waals surface area contributed by atoms with Crippen LogP contribution in [0.5, 0.6) is 5.75 Å². The second kappa shape index (κ2) is 8.32. The van der Waals surface area contributed by atoms with Gasteiger partial charge in [0, 0.05) is 45.2 Å². The predicted octanol–water partition coefficient (Wildman–Crippen LogP) is 3.35. The van der Waals surface area contributed by atoms with E-state index in [1.54, 1.807) is 4.90 Å². The van der Waals surface area contributed by atoms with Gasteiger partial charge in [0.1, 0.15) is 11.9 Å². The Labute approximate surface area is 173 Å². The lowest BCUT2D eigenvalue weighted by molar-refractivity contribution is 0.0690. The summed E-state index contributed by atoms with van der Waals surface area (Å²) in [6.45, 7) is 3.00. The van der Waals surface area contributed by atoms with Crippen LogP contribution >= 0.6 is 11.6 Å². The van der Waals surface area contributed by atoms with Gasteiger partial charge in [-0.15, -0.1) is 0 Å². The molecule has 0 bridgehead atoms. The molecule has 0 atom stereocenters. The predicted molar refractivity (Wildman–Crippen MR) is 108 cm³/mol. The Morgan fingerprint density at radius 1 is 1.10 bits per heavy atom. The maximum atomic E-state index is 12.5. The Kier molecular flexibility index (Phi) is 5.62. The summed E-state index contributed by atoms with van der Waals surface area (Å²) in [5.41, 5.74) is 0.815. The first kappa shape index (κ1) is 19.6. The van der Waals surface area contributed by atoms with Crippen molar-refractivity contribution in [1.82, 2.24) is 14.7 Å². The highest BCUT2D eigenvalue weighted by atomic mass is 35.5. The zero-order valence-corrected chi connectivity index (χ0v) is 16.7. The van der Waals surface area contributed by atoms with Gasteiger partial charge in [-0.3, -0.25) is 0 Å². The molecule has 2 fully saturated rings. The first-order chi connectivity index (χ1) is 14.0. The van der Waals surface area contributed by atoms with E-state index in [1.165, 1.54) is 12.3 Å². The van der Waals surface area contributed by atoms with E-state index in [4.69, 9.17) is 21.4 Å². The summed E-state index contributed by atoms with van der Waals surface area (Å²) in [6, 6.07) is 6.73. The SMILES string of the molecule is O=C(O)c1ccn(C(=O)N2CCC(Oc3cccc(Cl)c3N3CCCC3)CC2)n1. The second-order valence-electron chi connectivity index (χ2n) is 7.32. The van der Waals surface area contributed by atoms with Crippen molar-refractivity contribution in [2.75, 3.05) is 31.1 Å². The van der Waals surface area contributed by atoms with Crippen LogP contribution in [0.4, 0.5) is 10.5 Å². The number of rotatable bonds is 4. The highest BCUT2D eigenvalue weighted by Crippen LogP contribution is 2.38. The number of hydrogen-bond donors (Lipinski definition) is 1. The summed E-state index contributed by atoms with van der Waals surface area (Å²) in [5.74, 6) is -0.360. The Balaban J connectivity index is 1.38. The lowest BCUT2D eigenvalue weighted by Crippen LogP contribution is -2.43. The zero-order valence-electron chi connectivity index (χ0n) is 16.0. The van der Waals surface area contributed by atoms with Gasteiger partial charge >= 0.3 is 12.0 Å². The normalized spacial score (nSPS) is 17.6. The van der Waals surface area contributed by atoms with Crippen molar-refractivity contribution in [2.24, 2.45) is 0 Å². The number of carboxylic acid groups (broad SMARTS) is 1. The van der Waals surface area contributed by atoms with Crippen LogP contribution in [0.3, 0.4) is 0 Å². The number of para-hydroxylation sites is 1. The molecule has 2 aliphatic heterocycles. The number of halogens is 1. The number of piperidine rings is 1. The molecule has 2 saturated heterocycles. The third kappa shape index (κ3) is 4.17. The monoisotopic (exact) mass is 418 g/mol. The van der Waals surface area contributed by atoms with Gasteiger partial charge in [-0.25, -0.2) is 9.59 Å². The van der Waals surface area contributed by atoms with Crippen LogP contribution in [0, 0.1) is 0 Å². The largest absolute Gasteiger partial charge is 0.488 e. The molecule has 29 heavy (non-hydrogen) atoms. The first-order valence-corrected chi connectivity index (χ1v) is 10.2. The number of aromatic carboxylic acids is 1. The molecular formula is C20H23ClN4O4. The van der Waals surface area contributed by atoms with E-state index in [9.17, 15) is 9.59 Å². The van der Waals surface area contributed by atoms with Gasteiger partial charge in [0.2, 0.25) is 0 Å². The molecule has 0 aliphatic carbocycles. The maximum Gasteiger partial charge on any atom is 0.356 e. The molecule has 2 aromatic rings. The van der Waals surface area contributed by atoms with E-state index in [2.05, 4.69) is 10.00 Å². The average molecular weight is 419 g/mol. The van der Waals surface area contributed by atoms with Gasteiger partial charge in [-0.1, -0.05) is 17.7 Å². The molecule has 8 nitrogen and oxygen atoms in total. The number of nitrogens with zero attached hydrogens (tertiary/aromatic N) is 4.